The Morgan fingerprint density at radius 3 is 2.94 bits per heavy atom. The normalized spacial score (nSPS) is 16.1. The number of aryl methyl sites for hydroxylation is 1. The van der Waals surface area contributed by atoms with E-state index < -0.39 is 0 Å². The van der Waals surface area contributed by atoms with Crippen LogP contribution in [-0.4, -0.2) is 25.9 Å². The third-order valence-electron chi connectivity index (χ3n) is 2.88. The second-order valence-electron chi connectivity index (χ2n) is 4.44. The minimum atomic E-state index is 0.269. The topological polar surface area (TPSA) is 43.6 Å². The molecule has 1 aromatic rings. The number of hydrogen-bond acceptors (Lipinski definition) is 4. The van der Waals surface area contributed by atoms with Crippen LogP contribution >= 0.6 is 0 Å². The minimum Gasteiger partial charge on any atom is -0.465 e. The van der Waals surface area contributed by atoms with E-state index >= 15 is 0 Å². The van der Waals surface area contributed by atoms with Crippen LogP contribution in [0.2, 0.25) is 0 Å². The summed E-state index contributed by atoms with van der Waals surface area (Å²) in [4.78, 5) is 0. The fraction of sp³-hybridized carbons (Fsp3) is 0.692. The molecule has 0 bridgehead atoms. The van der Waals surface area contributed by atoms with Gasteiger partial charge in [0, 0.05) is 5.56 Å². The van der Waals surface area contributed by atoms with E-state index in [1.54, 1.807) is 0 Å². The third kappa shape index (κ3) is 3.56. The summed E-state index contributed by atoms with van der Waals surface area (Å²) < 4.78 is 16.4. The molecule has 1 fully saturated rings. The summed E-state index contributed by atoms with van der Waals surface area (Å²) in [6.07, 6.45) is 1.41. The molecular weight excluding hydrogens is 218 g/mol. The molecule has 1 aliphatic rings. The van der Waals surface area contributed by atoms with Gasteiger partial charge in [-0.15, -0.1) is 0 Å². The van der Waals surface area contributed by atoms with Gasteiger partial charge in [-0.2, -0.15) is 0 Å². The van der Waals surface area contributed by atoms with E-state index in [1.807, 2.05) is 6.92 Å². The smallest absolute Gasteiger partial charge is 0.118 e. The molecule has 4 heteroatoms. The van der Waals surface area contributed by atoms with Crippen molar-refractivity contribution in [3.05, 3.63) is 23.2 Å². The minimum absolute atomic E-state index is 0.269. The molecule has 1 saturated heterocycles. The molecule has 0 aromatic carbocycles. The first-order valence-electron chi connectivity index (χ1n) is 6.28. The van der Waals surface area contributed by atoms with Gasteiger partial charge in [-0.1, -0.05) is 6.92 Å². The molecule has 0 radical (unpaired) electrons. The largest absolute Gasteiger partial charge is 0.465 e. The van der Waals surface area contributed by atoms with Crippen LogP contribution < -0.4 is 5.32 Å². The summed E-state index contributed by atoms with van der Waals surface area (Å²) in [6.45, 7) is 8.02. The van der Waals surface area contributed by atoms with Gasteiger partial charge in [0.25, 0.3) is 0 Å². The summed E-state index contributed by atoms with van der Waals surface area (Å²) in [6, 6.07) is 2.08. The lowest BCUT2D eigenvalue weighted by Gasteiger charge is -2.25. The van der Waals surface area contributed by atoms with Gasteiger partial charge in [0.2, 0.25) is 0 Å². The number of furan rings is 1. The maximum atomic E-state index is 5.68. The first kappa shape index (κ1) is 12.6. The number of ether oxygens (including phenoxy) is 2. The maximum Gasteiger partial charge on any atom is 0.118 e. The third-order valence-corrected chi connectivity index (χ3v) is 2.88. The van der Waals surface area contributed by atoms with Gasteiger partial charge in [0.15, 0.2) is 0 Å². The lowest BCUT2D eigenvalue weighted by molar-refractivity contribution is -0.135. The number of hydrogen-bond donors (Lipinski definition) is 1. The van der Waals surface area contributed by atoms with Crippen LogP contribution in [-0.2, 0) is 22.6 Å². The highest BCUT2D eigenvalue weighted by atomic mass is 16.6. The molecule has 17 heavy (non-hydrogen) atoms. The van der Waals surface area contributed by atoms with E-state index in [1.165, 1.54) is 0 Å². The zero-order valence-corrected chi connectivity index (χ0v) is 10.6. The molecule has 0 aliphatic carbocycles. The average molecular weight is 239 g/mol. The predicted octanol–water partition coefficient (Wildman–Crippen LogP) is 2.00. The van der Waals surface area contributed by atoms with E-state index in [4.69, 9.17) is 13.9 Å². The molecule has 0 spiro atoms. The molecule has 2 heterocycles. The Morgan fingerprint density at radius 1 is 1.47 bits per heavy atom. The SMILES string of the molecule is CCCNCc1cc(COC2COC2)c(C)o1. The Balaban J connectivity index is 1.79. The fourth-order valence-electron chi connectivity index (χ4n) is 1.72. The van der Waals surface area contributed by atoms with E-state index in [0.29, 0.717) is 6.61 Å². The Kier molecular flexibility index (Phi) is 4.59. The van der Waals surface area contributed by atoms with Crippen LogP contribution in [0.15, 0.2) is 10.5 Å². The zero-order valence-electron chi connectivity index (χ0n) is 10.6. The van der Waals surface area contributed by atoms with Crippen molar-refractivity contribution >= 4 is 0 Å². The maximum absolute atomic E-state index is 5.68. The number of nitrogens with one attached hydrogen (secondary N) is 1. The van der Waals surface area contributed by atoms with E-state index in [-0.39, 0.29) is 6.10 Å². The molecule has 0 saturated carbocycles. The van der Waals surface area contributed by atoms with Crippen molar-refractivity contribution in [3.8, 4) is 0 Å². The zero-order chi connectivity index (χ0) is 12.1. The van der Waals surface area contributed by atoms with Crippen molar-refractivity contribution < 1.29 is 13.9 Å². The summed E-state index contributed by atoms with van der Waals surface area (Å²) >= 11 is 0. The Bertz CT molecular complexity index is 344. The highest BCUT2D eigenvalue weighted by Crippen LogP contribution is 2.17. The van der Waals surface area contributed by atoms with Gasteiger partial charge < -0.3 is 19.2 Å². The standard InChI is InChI=1S/C13H21NO3/c1-3-4-14-6-12-5-11(10(2)17-12)7-16-13-8-15-9-13/h5,13-14H,3-4,6-9H2,1-2H3. The molecule has 96 valence electrons. The average Bonchev–Trinajstić information content (AvgIpc) is 2.58. The highest BCUT2D eigenvalue weighted by molar-refractivity contribution is 5.20. The van der Waals surface area contributed by atoms with Gasteiger partial charge in [0.05, 0.1) is 26.4 Å². The van der Waals surface area contributed by atoms with E-state index in [9.17, 15) is 0 Å². The van der Waals surface area contributed by atoms with Gasteiger partial charge in [0.1, 0.15) is 17.6 Å². The van der Waals surface area contributed by atoms with Crippen LogP contribution in [0, 0.1) is 6.92 Å². The van der Waals surface area contributed by atoms with Crippen molar-refractivity contribution in [1.82, 2.24) is 5.32 Å². The van der Waals surface area contributed by atoms with Crippen LogP contribution in [0.25, 0.3) is 0 Å². The fourth-order valence-corrected chi connectivity index (χ4v) is 1.72. The Hall–Kier alpha value is -0.840. The highest BCUT2D eigenvalue weighted by Gasteiger charge is 2.19. The van der Waals surface area contributed by atoms with Gasteiger partial charge in [-0.25, -0.2) is 0 Å². The van der Waals surface area contributed by atoms with Crippen molar-refractivity contribution in [3.63, 3.8) is 0 Å². The van der Waals surface area contributed by atoms with Crippen LogP contribution in [0.5, 0.6) is 0 Å². The summed E-state index contributed by atoms with van der Waals surface area (Å²) in [5.74, 6) is 1.94. The monoisotopic (exact) mass is 239 g/mol. The first-order valence-corrected chi connectivity index (χ1v) is 6.28. The van der Waals surface area contributed by atoms with Crippen LogP contribution in [0.4, 0.5) is 0 Å². The Morgan fingerprint density at radius 2 is 2.29 bits per heavy atom. The quantitative estimate of drug-likeness (QED) is 0.739. The van der Waals surface area contributed by atoms with Crippen LogP contribution in [0.1, 0.15) is 30.4 Å². The van der Waals surface area contributed by atoms with Crippen molar-refractivity contribution in [1.29, 1.82) is 0 Å². The lowest BCUT2D eigenvalue weighted by atomic mass is 10.2. The molecule has 2 rings (SSSR count). The molecule has 0 unspecified atom stereocenters. The molecule has 0 amide bonds. The van der Waals surface area contributed by atoms with E-state index in [0.717, 1.165) is 49.8 Å². The molecule has 4 nitrogen and oxygen atoms in total. The number of rotatable bonds is 7. The molecule has 1 aromatic heterocycles. The van der Waals surface area contributed by atoms with Crippen molar-refractivity contribution in [2.45, 2.75) is 39.5 Å². The molecule has 0 atom stereocenters. The summed E-state index contributed by atoms with van der Waals surface area (Å²) in [5.41, 5.74) is 1.14. The van der Waals surface area contributed by atoms with Gasteiger partial charge >= 0.3 is 0 Å². The predicted molar refractivity (Wildman–Crippen MR) is 64.8 cm³/mol. The van der Waals surface area contributed by atoms with Crippen molar-refractivity contribution in [2.75, 3.05) is 19.8 Å². The van der Waals surface area contributed by atoms with E-state index in [2.05, 4.69) is 18.3 Å². The molecular formula is C13H21NO3. The second-order valence-corrected chi connectivity index (χ2v) is 4.44. The first-order chi connectivity index (χ1) is 8.29. The second kappa shape index (κ2) is 6.19. The summed E-state index contributed by atoms with van der Waals surface area (Å²) in [5, 5.41) is 3.32. The molecule has 1 N–H and O–H groups in total. The Labute approximate surface area is 102 Å². The van der Waals surface area contributed by atoms with Crippen molar-refractivity contribution in [2.24, 2.45) is 0 Å². The van der Waals surface area contributed by atoms with Gasteiger partial charge in [-0.05, 0) is 26.0 Å². The molecule has 1 aliphatic heterocycles. The van der Waals surface area contributed by atoms with Crippen LogP contribution in [0.3, 0.4) is 0 Å². The van der Waals surface area contributed by atoms with Gasteiger partial charge in [-0.3, -0.25) is 0 Å². The lowest BCUT2D eigenvalue weighted by Crippen LogP contribution is -2.35. The summed E-state index contributed by atoms with van der Waals surface area (Å²) in [7, 11) is 0.